The van der Waals surface area contributed by atoms with Crippen LogP contribution in [-0.4, -0.2) is 28.6 Å². The Bertz CT molecular complexity index is 1190. The molecule has 6 nitrogen and oxygen atoms in total. The Hall–Kier alpha value is -3.39. The number of thioether (sulfide) groups is 1. The van der Waals surface area contributed by atoms with Crippen LogP contribution in [0.5, 0.6) is 0 Å². The van der Waals surface area contributed by atoms with Gasteiger partial charge in [-0.2, -0.15) is 0 Å². The number of carbonyl (C=O) groups excluding carboxylic acids is 2. The second-order valence-electron chi connectivity index (χ2n) is 8.05. The van der Waals surface area contributed by atoms with Crippen LogP contribution in [0.4, 0.5) is 4.39 Å². The number of amides is 1. The van der Waals surface area contributed by atoms with Crippen molar-refractivity contribution in [1.82, 2.24) is 10.2 Å². The number of nitrogens with one attached hydrogen (secondary N) is 1. The number of ether oxygens (including phenoxy) is 1. The lowest BCUT2D eigenvalue weighted by Gasteiger charge is -2.36. The fourth-order valence-corrected chi connectivity index (χ4v) is 5.08. The Morgan fingerprint density at radius 2 is 1.97 bits per heavy atom. The maximum atomic E-state index is 14.2. The first-order valence-corrected chi connectivity index (χ1v) is 12.0. The fourth-order valence-electron chi connectivity index (χ4n) is 4.11. The van der Waals surface area contributed by atoms with E-state index in [-0.39, 0.29) is 25.0 Å². The molecule has 0 aliphatic carbocycles. The van der Waals surface area contributed by atoms with Crippen LogP contribution in [0.15, 0.2) is 82.0 Å². The summed E-state index contributed by atoms with van der Waals surface area (Å²) in [5, 5.41) is 5.52. The number of nitrogens with zero attached hydrogens (tertiary/aromatic N) is 2. The smallest absolute Gasteiger partial charge is 0.338 e. The minimum Gasteiger partial charge on any atom is -0.463 e. The largest absolute Gasteiger partial charge is 0.463 e. The van der Waals surface area contributed by atoms with Gasteiger partial charge in [-0.1, -0.05) is 54.2 Å². The first-order chi connectivity index (χ1) is 16.4. The van der Waals surface area contributed by atoms with Gasteiger partial charge in [0.2, 0.25) is 5.91 Å². The third-order valence-corrected chi connectivity index (χ3v) is 6.57. The van der Waals surface area contributed by atoms with Crippen molar-refractivity contribution in [3.8, 4) is 0 Å². The average Bonchev–Trinajstić information content (AvgIpc) is 3.20. The Morgan fingerprint density at radius 1 is 1.21 bits per heavy atom. The number of amidine groups is 1. The zero-order valence-corrected chi connectivity index (χ0v) is 20.1. The van der Waals surface area contributed by atoms with Gasteiger partial charge in [-0.25, -0.2) is 14.2 Å². The first kappa shape index (κ1) is 23.8. The summed E-state index contributed by atoms with van der Waals surface area (Å²) in [6.45, 7) is 5.62. The van der Waals surface area contributed by atoms with Crippen molar-refractivity contribution in [2.24, 2.45) is 4.99 Å². The molecule has 0 saturated carbocycles. The van der Waals surface area contributed by atoms with Gasteiger partial charge in [0.15, 0.2) is 5.17 Å². The van der Waals surface area contributed by atoms with Crippen molar-refractivity contribution in [3.63, 3.8) is 0 Å². The van der Waals surface area contributed by atoms with Crippen molar-refractivity contribution in [2.75, 3.05) is 6.61 Å². The summed E-state index contributed by atoms with van der Waals surface area (Å²) in [6.07, 6.45) is 0.0875. The van der Waals surface area contributed by atoms with E-state index in [2.05, 4.69) is 10.3 Å². The molecule has 0 radical (unpaired) electrons. The number of carbonyl (C=O) groups is 2. The minimum atomic E-state index is -0.650. The molecule has 1 amide bonds. The molecule has 8 heteroatoms. The van der Waals surface area contributed by atoms with E-state index < -0.39 is 17.8 Å². The zero-order valence-electron chi connectivity index (χ0n) is 19.2. The molecule has 4 rings (SSSR count). The highest BCUT2D eigenvalue weighted by Crippen LogP contribution is 2.44. The van der Waals surface area contributed by atoms with Crippen LogP contribution < -0.4 is 5.32 Å². The lowest BCUT2D eigenvalue weighted by molar-refractivity contribution is -0.139. The van der Waals surface area contributed by atoms with E-state index in [4.69, 9.17) is 4.74 Å². The highest BCUT2D eigenvalue weighted by atomic mass is 32.2. The van der Waals surface area contributed by atoms with Crippen molar-refractivity contribution < 1.29 is 18.7 Å². The van der Waals surface area contributed by atoms with Gasteiger partial charge in [-0.15, -0.1) is 0 Å². The molecular weight excluding hydrogens is 453 g/mol. The number of halogens is 1. The minimum absolute atomic E-state index is 0.0875. The van der Waals surface area contributed by atoms with Gasteiger partial charge in [0.1, 0.15) is 5.82 Å². The summed E-state index contributed by atoms with van der Waals surface area (Å²) in [4.78, 5) is 32.3. The van der Waals surface area contributed by atoms with Crippen LogP contribution in [0.2, 0.25) is 0 Å². The summed E-state index contributed by atoms with van der Waals surface area (Å²) in [5.41, 5.74) is 3.13. The molecule has 0 aromatic heterocycles. The monoisotopic (exact) mass is 479 g/mol. The standard InChI is InChI=1S/C26H26FN3O3S/c1-4-33-25(32)23-17(3)29-26-30(24(23)19-11-8-12-20(27)13-19)21(15-34-26)14-22(31)28-16(2)18-9-6-5-7-10-18/h5-13,15-16,24H,4,14H2,1-3H3,(H,28,31). The van der Waals surface area contributed by atoms with Gasteiger partial charge in [0, 0.05) is 5.70 Å². The van der Waals surface area contributed by atoms with Crippen molar-refractivity contribution >= 4 is 28.8 Å². The number of benzene rings is 2. The van der Waals surface area contributed by atoms with Gasteiger partial charge in [-0.05, 0) is 49.4 Å². The molecule has 2 aromatic carbocycles. The number of esters is 1. The predicted molar refractivity (Wildman–Crippen MR) is 131 cm³/mol. The van der Waals surface area contributed by atoms with Crippen LogP contribution in [0.1, 0.15) is 50.4 Å². The summed E-state index contributed by atoms with van der Waals surface area (Å²) < 4.78 is 19.5. The van der Waals surface area contributed by atoms with Crippen LogP contribution >= 0.6 is 11.8 Å². The first-order valence-electron chi connectivity index (χ1n) is 11.1. The number of hydrogen-bond donors (Lipinski definition) is 1. The van der Waals surface area contributed by atoms with Gasteiger partial charge in [0.25, 0.3) is 0 Å². The second-order valence-corrected chi connectivity index (χ2v) is 8.88. The van der Waals surface area contributed by atoms with Crippen molar-refractivity contribution in [1.29, 1.82) is 0 Å². The Morgan fingerprint density at radius 3 is 2.68 bits per heavy atom. The van der Waals surface area contributed by atoms with E-state index in [1.807, 2.05) is 47.6 Å². The molecule has 176 valence electrons. The molecule has 2 atom stereocenters. The van der Waals surface area contributed by atoms with Crippen LogP contribution in [0, 0.1) is 5.82 Å². The van der Waals surface area contributed by atoms with Crippen LogP contribution in [0.25, 0.3) is 0 Å². The number of hydrogen-bond acceptors (Lipinski definition) is 6. The van der Waals surface area contributed by atoms with Crippen LogP contribution in [-0.2, 0) is 14.3 Å². The molecule has 34 heavy (non-hydrogen) atoms. The maximum Gasteiger partial charge on any atom is 0.338 e. The molecule has 2 aliphatic heterocycles. The highest BCUT2D eigenvalue weighted by molar-refractivity contribution is 8.16. The van der Waals surface area contributed by atoms with E-state index in [0.29, 0.717) is 27.7 Å². The summed E-state index contributed by atoms with van der Waals surface area (Å²) in [7, 11) is 0. The molecule has 2 heterocycles. The molecule has 2 unspecified atom stereocenters. The van der Waals surface area contributed by atoms with E-state index in [1.165, 1.54) is 23.9 Å². The highest BCUT2D eigenvalue weighted by Gasteiger charge is 2.41. The number of allylic oxidation sites excluding steroid dienone is 1. The normalized spacial score (nSPS) is 18.1. The fraction of sp³-hybridized carbons (Fsp3) is 0.269. The van der Waals surface area contributed by atoms with Crippen molar-refractivity contribution in [3.05, 3.63) is 93.9 Å². The lowest BCUT2D eigenvalue weighted by Crippen LogP contribution is -2.38. The average molecular weight is 480 g/mol. The third kappa shape index (κ3) is 4.92. The SMILES string of the molecule is CCOC(=O)C1=C(C)N=C2SC=C(CC(=O)NC(C)c3ccccc3)N2C1c1cccc(F)c1. The van der Waals surface area contributed by atoms with Gasteiger partial charge in [0.05, 0.1) is 36.4 Å². The van der Waals surface area contributed by atoms with Gasteiger partial charge in [-0.3, -0.25) is 4.79 Å². The summed E-state index contributed by atoms with van der Waals surface area (Å²) >= 11 is 1.38. The van der Waals surface area contributed by atoms with Gasteiger partial charge >= 0.3 is 5.97 Å². The maximum absolute atomic E-state index is 14.2. The van der Waals surface area contributed by atoms with E-state index >= 15 is 0 Å². The Labute approximate surface area is 202 Å². The topological polar surface area (TPSA) is 71.0 Å². The zero-order chi connectivity index (χ0) is 24.2. The molecule has 1 N–H and O–H groups in total. The second kappa shape index (κ2) is 10.3. The number of fused-ring (bicyclic) bond motifs is 1. The quantitative estimate of drug-likeness (QED) is 0.551. The van der Waals surface area contributed by atoms with Crippen molar-refractivity contribution in [2.45, 2.75) is 39.3 Å². The molecule has 2 aromatic rings. The summed E-state index contributed by atoms with van der Waals surface area (Å²) in [6, 6.07) is 15.0. The molecule has 2 aliphatic rings. The summed E-state index contributed by atoms with van der Waals surface area (Å²) in [5.74, 6) is -1.07. The van der Waals surface area contributed by atoms with E-state index in [9.17, 15) is 14.0 Å². The Balaban J connectivity index is 1.63. The number of aliphatic imine (C=N–C) groups is 1. The molecule has 0 bridgehead atoms. The third-order valence-electron chi connectivity index (χ3n) is 5.68. The molecule has 0 saturated heterocycles. The Kier molecular flexibility index (Phi) is 7.17. The molecule has 0 spiro atoms. The predicted octanol–water partition coefficient (Wildman–Crippen LogP) is 5.23. The van der Waals surface area contributed by atoms with Gasteiger partial charge < -0.3 is 15.0 Å². The number of rotatable bonds is 7. The molecule has 0 fully saturated rings. The van der Waals surface area contributed by atoms with Crippen LogP contribution in [0.3, 0.4) is 0 Å². The molecular formula is C26H26FN3O3S. The van der Waals surface area contributed by atoms with E-state index in [1.54, 1.807) is 26.0 Å². The lowest BCUT2D eigenvalue weighted by atomic mass is 9.93. The van der Waals surface area contributed by atoms with E-state index in [0.717, 1.165) is 5.56 Å².